The van der Waals surface area contributed by atoms with Gasteiger partial charge < -0.3 is 33.5 Å². The Labute approximate surface area is 264 Å². The highest BCUT2D eigenvalue weighted by Gasteiger charge is 2.64. The lowest BCUT2D eigenvalue weighted by Gasteiger charge is -2.41. The highest BCUT2D eigenvalue weighted by atomic mass is 35.5. The van der Waals surface area contributed by atoms with Gasteiger partial charge >= 0.3 is 0 Å². The van der Waals surface area contributed by atoms with E-state index in [-0.39, 0.29) is 35.3 Å². The van der Waals surface area contributed by atoms with Crippen molar-refractivity contribution in [1.82, 2.24) is 9.80 Å². The van der Waals surface area contributed by atoms with Gasteiger partial charge in [0, 0.05) is 55.0 Å². The van der Waals surface area contributed by atoms with Gasteiger partial charge in [0.2, 0.25) is 10.8 Å². The van der Waals surface area contributed by atoms with Crippen molar-refractivity contribution in [3.05, 3.63) is 70.7 Å². The van der Waals surface area contributed by atoms with Crippen LogP contribution in [0.25, 0.3) is 0 Å². The SMILES string of the molecule is COc1ccc([S+]([O-])N2C(=O)C(c3ccc(OC)cc3OC)(N3CC(O)CC3C(=O)N(C)C)c3cc(Cl)ccc32)c(OC)c1. The number of aliphatic hydroxyl groups is 1. The predicted octanol–water partition coefficient (Wildman–Crippen LogP) is 3.21. The number of nitrogens with zero attached hydrogens (tertiary/aromatic N) is 3. The molecule has 1 saturated heterocycles. The zero-order valence-electron chi connectivity index (χ0n) is 25.2. The van der Waals surface area contributed by atoms with E-state index in [1.165, 1.54) is 37.6 Å². The first-order valence-electron chi connectivity index (χ1n) is 13.7. The molecule has 4 unspecified atom stereocenters. The summed E-state index contributed by atoms with van der Waals surface area (Å²) in [7, 11) is 9.14. The summed E-state index contributed by atoms with van der Waals surface area (Å²) >= 11 is 4.44. The van der Waals surface area contributed by atoms with Gasteiger partial charge in [0.1, 0.15) is 34.3 Å². The lowest BCUT2D eigenvalue weighted by atomic mass is 9.80. The third-order valence-corrected chi connectivity index (χ3v) is 9.66. The number of aliphatic hydroxyl groups excluding tert-OH is 1. The molecule has 44 heavy (non-hydrogen) atoms. The molecule has 1 fully saturated rings. The number of anilines is 1. The zero-order chi connectivity index (χ0) is 31.9. The number of likely N-dealkylation sites (N-methyl/N-ethyl adjacent to an activating group) is 1. The van der Waals surface area contributed by atoms with E-state index >= 15 is 4.79 Å². The van der Waals surface area contributed by atoms with Crippen LogP contribution < -0.4 is 23.3 Å². The molecule has 2 aliphatic heterocycles. The van der Waals surface area contributed by atoms with Gasteiger partial charge in [0.15, 0.2) is 11.3 Å². The van der Waals surface area contributed by atoms with E-state index in [1.54, 1.807) is 73.6 Å². The number of halogens is 1. The molecule has 5 rings (SSSR count). The molecule has 0 spiro atoms. The summed E-state index contributed by atoms with van der Waals surface area (Å²) in [5.74, 6) is 0.569. The maximum Gasteiger partial charge on any atom is 0.299 e. The van der Waals surface area contributed by atoms with Gasteiger partial charge in [-0.25, -0.2) is 0 Å². The normalized spacial score (nSPS) is 22.0. The van der Waals surface area contributed by atoms with Crippen molar-refractivity contribution in [2.45, 2.75) is 29.0 Å². The molecule has 2 amide bonds. The first-order valence-corrected chi connectivity index (χ1v) is 15.2. The molecule has 0 aromatic heterocycles. The highest BCUT2D eigenvalue weighted by molar-refractivity contribution is 7.93. The van der Waals surface area contributed by atoms with Crippen molar-refractivity contribution in [3.8, 4) is 23.0 Å². The van der Waals surface area contributed by atoms with Crippen molar-refractivity contribution in [1.29, 1.82) is 0 Å². The van der Waals surface area contributed by atoms with Gasteiger partial charge in [-0.2, -0.15) is 0 Å². The number of amides is 2. The number of benzene rings is 3. The van der Waals surface area contributed by atoms with E-state index in [0.29, 0.717) is 33.3 Å². The summed E-state index contributed by atoms with van der Waals surface area (Å²) < 4.78 is 37.8. The summed E-state index contributed by atoms with van der Waals surface area (Å²) in [6.07, 6.45) is -0.850. The second-order valence-corrected chi connectivity index (χ2v) is 12.3. The number of hydrogen-bond donors (Lipinski definition) is 1. The molecule has 1 N–H and O–H groups in total. The van der Waals surface area contributed by atoms with Crippen LogP contribution in [0.15, 0.2) is 59.5 Å². The molecule has 3 aromatic rings. The number of β-amino-alcohol motifs (C(OH)–C–C–N with tert-alkyl or cyclic N) is 1. The van der Waals surface area contributed by atoms with Crippen LogP contribution in [0.4, 0.5) is 5.69 Å². The number of carbonyl (C=O) groups is 2. The Balaban J connectivity index is 1.83. The van der Waals surface area contributed by atoms with Crippen molar-refractivity contribution >= 4 is 40.5 Å². The number of ether oxygens (including phenoxy) is 4. The number of rotatable bonds is 9. The van der Waals surface area contributed by atoms with E-state index in [4.69, 9.17) is 30.5 Å². The highest BCUT2D eigenvalue weighted by Crippen LogP contribution is 2.55. The Morgan fingerprint density at radius 3 is 2.20 bits per heavy atom. The molecule has 0 aliphatic carbocycles. The van der Waals surface area contributed by atoms with Crippen LogP contribution in [0.3, 0.4) is 0 Å². The van der Waals surface area contributed by atoms with Gasteiger partial charge in [-0.1, -0.05) is 11.6 Å². The molecule has 2 heterocycles. The van der Waals surface area contributed by atoms with Crippen molar-refractivity contribution < 1.29 is 38.2 Å². The molecule has 3 aromatic carbocycles. The molecule has 0 bridgehead atoms. The maximum atomic E-state index is 15.3. The van der Waals surface area contributed by atoms with Crippen LogP contribution >= 0.6 is 11.6 Å². The number of methoxy groups -OCH3 is 4. The Hall–Kier alpha value is -3.68. The fraction of sp³-hybridized carbons (Fsp3) is 0.355. The minimum Gasteiger partial charge on any atom is -0.587 e. The Kier molecular flexibility index (Phi) is 8.92. The summed E-state index contributed by atoms with van der Waals surface area (Å²) in [5, 5.41) is 11.3. The first kappa shape index (κ1) is 31.7. The minimum atomic E-state index is -2.14. The summed E-state index contributed by atoms with van der Waals surface area (Å²) in [6.45, 7) is -0.0382. The molecule has 0 radical (unpaired) electrons. The summed E-state index contributed by atoms with van der Waals surface area (Å²) in [6, 6.07) is 13.7. The third-order valence-electron chi connectivity index (χ3n) is 8.02. The summed E-state index contributed by atoms with van der Waals surface area (Å²) in [5.41, 5.74) is -0.738. The number of carbonyl (C=O) groups excluding carboxylic acids is 2. The van der Waals surface area contributed by atoms with Crippen molar-refractivity contribution in [3.63, 3.8) is 0 Å². The standard InChI is InChI=1S/C31H34ClN3O8S/c1-33(2)29(37)25-14-19(36)17-34(25)31(22-10-8-20(40-3)15-26(22)42-5)23-13-18(32)7-11-24(23)35(30(31)38)44(39)28-12-9-21(41-4)16-27(28)43-6/h7-13,15-16,19,25,36H,14,17H2,1-6H3. The predicted molar refractivity (Wildman–Crippen MR) is 165 cm³/mol. The van der Waals surface area contributed by atoms with E-state index in [1.807, 2.05) is 0 Å². The van der Waals surface area contributed by atoms with Crippen LogP contribution in [-0.2, 0) is 26.5 Å². The topological polar surface area (TPSA) is 124 Å². The molecule has 2 aliphatic rings. The lowest BCUT2D eigenvalue weighted by molar-refractivity contribution is -0.138. The monoisotopic (exact) mass is 643 g/mol. The zero-order valence-corrected chi connectivity index (χ0v) is 26.8. The molecule has 13 heteroatoms. The lowest BCUT2D eigenvalue weighted by Crippen LogP contribution is -2.59. The number of hydrogen-bond acceptors (Lipinski definition) is 9. The molecular formula is C31H34ClN3O8S. The second kappa shape index (κ2) is 12.4. The average molecular weight is 644 g/mol. The van der Waals surface area contributed by atoms with E-state index in [2.05, 4.69) is 0 Å². The van der Waals surface area contributed by atoms with Gasteiger partial charge in [-0.05, 0) is 42.8 Å². The van der Waals surface area contributed by atoms with Crippen LogP contribution in [0.5, 0.6) is 23.0 Å². The number of fused-ring (bicyclic) bond motifs is 1. The van der Waals surface area contributed by atoms with E-state index in [9.17, 15) is 14.5 Å². The van der Waals surface area contributed by atoms with Crippen LogP contribution in [0.2, 0.25) is 5.02 Å². The fourth-order valence-corrected chi connectivity index (χ4v) is 7.52. The molecular weight excluding hydrogens is 610 g/mol. The molecule has 0 saturated carbocycles. The molecule has 11 nitrogen and oxygen atoms in total. The Morgan fingerprint density at radius 2 is 1.59 bits per heavy atom. The largest absolute Gasteiger partial charge is 0.587 e. The van der Waals surface area contributed by atoms with Crippen LogP contribution in [0, 0.1) is 0 Å². The summed E-state index contributed by atoms with van der Waals surface area (Å²) in [4.78, 5) is 32.2. The average Bonchev–Trinajstić information content (AvgIpc) is 3.53. The minimum absolute atomic E-state index is 0.0382. The van der Waals surface area contributed by atoms with Crippen molar-refractivity contribution in [2.24, 2.45) is 0 Å². The van der Waals surface area contributed by atoms with E-state index in [0.717, 1.165) is 0 Å². The maximum absolute atomic E-state index is 15.3. The van der Waals surface area contributed by atoms with Gasteiger partial charge in [0.25, 0.3) is 5.91 Å². The molecule has 234 valence electrons. The van der Waals surface area contributed by atoms with Crippen LogP contribution in [0.1, 0.15) is 17.5 Å². The first-order chi connectivity index (χ1) is 21.0. The second-order valence-electron chi connectivity index (χ2n) is 10.6. The smallest absolute Gasteiger partial charge is 0.299 e. The third kappa shape index (κ3) is 5.00. The van der Waals surface area contributed by atoms with Gasteiger partial charge in [-0.15, -0.1) is 4.31 Å². The Morgan fingerprint density at radius 1 is 0.955 bits per heavy atom. The van der Waals surface area contributed by atoms with Crippen LogP contribution in [-0.4, -0.2) is 92.5 Å². The fourth-order valence-electron chi connectivity index (χ4n) is 6.04. The number of likely N-dealkylation sites (tertiary alicyclic amines) is 1. The van der Waals surface area contributed by atoms with E-state index < -0.39 is 35.0 Å². The van der Waals surface area contributed by atoms with Gasteiger partial charge in [0.05, 0.1) is 40.6 Å². The van der Waals surface area contributed by atoms with Crippen molar-refractivity contribution in [2.75, 3.05) is 53.4 Å². The van der Waals surface area contributed by atoms with Gasteiger partial charge in [-0.3, -0.25) is 14.5 Å². The quantitative estimate of drug-likeness (QED) is 0.350. The Bertz CT molecular complexity index is 1590. The molecule has 4 atom stereocenters.